The van der Waals surface area contributed by atoms with Gasteiger partial charge in [-0.2, -0.15) is 0 Å². The van der Waals surface area contributed by atoms with E-state index in [1.807, 2.05) is 18.7 Å². The van der Waals surface area contributed by atoms with Crippen LogP contribution in [0.3, 0.4) is 0 Å². The number of nitrogens with one attached hydrogen (secondary N) is 1. The quantitative estimate of drug-likeness (QED) is 0.836. The Balaban J connectivity index is 1.58. The van der Waals surface area contributed by atoms with Gasteiger partial charge in [0.2, 0.25) is 11.8 Å². The van der Waals surface area contributed by atoms with Crippen LogP contribution in [-0.4, -0.2) is 53.2 Å². The van der Waals surface area contributed by atoms with Crippen molar-refractivity contribution in [2.45, 2.75) is 52.0 Å². The standard InChI is InChI=1S/C21H29N3O3/c1-3-23(4-2)21(27)15-9-11-17(12-10-15)22-20(26)16-13-19(25)24(14-16)18-7-5-6-8-18/h9-12,16,18H,3-8,13-14H2,1-2H3,(H,22,26)/t16-/m1/s1. The van der Waals surface area contributed by atoms with Gasteiger partial charge in [-0.3, -0.25) is 14.4 Å². The highest BCUT2D eigenvalue weighted by molar-refractivity contribution is 5.98. The summed E-state index contributed by atoms with van der Waals surface area (Å²) in [4.78, 5) is 40.9. The maximum Gasteiger partial charge on any atom is 0.253 e. The van der Waals surface area contributed by atoms with Gasteiger partial charge >= 0.3 is 0 Å². The lowest BCUT2D eigenvalue weighted by molar-refractivity contribution is -0.129. The number of hydrogen-bond acceptors (Lipinski definition) is 3. The fraction of sp³-hybridized carbons (Fsp3) is 0.571. The second-order valence-electron chi connectivity index (χ2n) is 7.43. The van der Waals surface area contributed by atoms with Crippen molar-refractivity contribution in [3.8, 4) is 0 Å². The molecule has 0 radical (unpaired) electrons. The molecule has 3 amide bonds. The van der Waals surface area contributed by atoms with Crippen molar-refractivity contribution in [1.29, 1.82) is 0 Å². The number of amides is 3. The van der Waals surface area contributed by atoms with Crippen LogP contribution < -0.4 is 5.32 Å². The number of carbonyl (C=O) groups is 3. The fourth-order valence-corrected chi connectivity index (χ4v) is 4.11. The van der Waals surface area contributed by atoms with Crippen LogP contribution in [-0.2, 0) is 9.59 Å². The Hall–Kier alpha value is -2.37. The summed E-state index contributed by atoms with van der Waals surface area (Å²) >= 11 is 0. The summed E-state index contributed by atoms with van der Waals surface area (Å²) in [6, 6.07) is 7.29. The van der Waals surface area contributed by atoms with Crippen molar-refractivity contribution in [1.82, 2.24) is 9.80 Å². The molecule has 1 aliphatic heterocycles. The van der Waals surface area contributed by atoms with E-state index in [4.69, 9.17) is 0 Å². The van der Waals surface area contributed by atoms with E-state index in [-0.39, 0.29) is 23.6 Å². The normalized spacial score (nSPS) is 20.1. The van der Waals surface area contributed by atoms with E-state index in [0.29, 0.717) is 43.3 Å². The Bertz CT molecular complexity index is 691. The van der Waals surface area contributed by atoms with E-state index in [1.54, 1.807) is 29.2 Å². The molecular weight excluding hydrogens is 342 g/mol. The lowest BCUT2D eigenvalue weighted by Crippen LogP contribution is -2.35. The number of carbonyl (C=O) groups excluding carboxylic acids is 3. The second-order valence-corrected chi connectivity index (χ2v) is 7.43. The number of nitrogens with zero attached hydrogens (tertiary/aromatic N) is 2. The first-order valence-electron chi connectivity index (χ1n) is 10.0. The molecule has 1 heterocycles. The zero-order chi connectivity index (χ0) is 19.4. The number of rotatable bonds is 6. The minimum absolute atomic E-state index is 0.00790. The maximum absolute atomic E-state index is 12.6. The first kappa shape index (κ1) is 19.4. The Morgan fingerprint density at radius 1 is 1.11 bits per heavy atom. The summed E-state index contributed by atoms with van der Waals surface area (Å²) in [6.45, 7) is 5.76. The van der Waals surface area contributed by atoms with Crippen molar-refractivity contribution in [2.24, 2.45) is 5.92 Å². The molecule has 6 heteroatoms. The molecule has 1 aliphatic carbocycles. The van der Waals surface area contributed by atoms with Gasteiger partial charge < -0.3 is 15.1 Å². The predicted octanol–water partition coefficient (Wildman–Crippen LogP) is 2.90. The van der Waals surface area contributed by atoms with Crippen molar-refractivity contribution in [2.75, 3.05) is 25.0 Å². The SMILES string of the molecule is CCN(CC)C(=O)c1ccc(NC(=O)[C@@H]2CC(=O)N(C3CCCC3)C2)cc1. The van der Waals surface area contributed by atoms with Crippen LogP contribution in [0.1, 0.15) is 56.3 Å². The van der Waals surface area contributed by atoms with Crippen molar-refractivity contribution in [3.63, 3.8) is 0 Å². The average Bonchev–Trinajstić information content (AvgIpc) is 3.32. The van der Waals surface area contributed by atoms with Gasteiger partial charge in [-0.1, -0.05) is 12.8 Å². The molecule has 3 rings (SSSR count). The number of anilines is 1. The van der Waals surface area contributed by atoms with Gasteiger partial charge in [-0.25, -0.2) is 0 Å². The summed E-state index contributed by atoms with van der Waals surface area (Å²) in [7, 11) is 0. The van der Waals surface area contributed by atoms with Crippen LogP contribution >= 0.6 is 0 Å². The molecule has 2 fully saturated rings. The average molecular weight is 371 g/mol. The van der Waals surface area contributed by atoms with Gasteiger partial charge in [0, 0.05) is 43.3 Å². The predicted molar refractivity (Wildman–Crippen MR) is 104 cm³/mol. The highest BCUT2D eigenvalue weighted by atomic mass is 16.2. The minimum Gasteiger partial charge on any atom is -0.339 e. The summed E-state index contributed by atoms with van der Waals surface area (Å²) in [5.41, 5.74) is 1.27. The van der Waals surface area contributed by atoms with Gasteiger partial charge in [-0.05, 0) is 51.0 Å². The van der Waals surface area contributed by atoms with E-state index in [1.165, 1.54) is 12.8 Å². The zero-order valence-corrected chi connectivity index (χ0v) is 16.2. The molecule has 1 atom stereocenters. The van der Waals surface area contributed by atoms with E-state index in [0.717, 1.165) is 12.8 Å². The summed E-state index contributed by atoms with van der Waals surface area (Å²) in [6.07, 6.45) is 4.75. The Labute approximate surface area is 160 Å². The highest BCUT2D eigenvalue weighted by Gasteiger charge is 2.38. The van der Waals surface area contributed by atoms with Gasteiger partial charge in [0.05, 0.1) is 5.92 Å². The van der Waals surface area contributed by atoms with Crippen LogP contribution in [0.15, 0.2) is 24.3 Å². The maximum atomic E-state index is 12.6. The molecule has 6 nitrogen and oxygen atoms in total. The molecule has 0 spiro atoms. The van der Waals surface area contributed by atoms with E-state index in [9.17, 15) is 14.4 Å². The molecule has 1 N–H and O–H groups in total. The van der Waals surface area contributed by atoms with Gasteiger partial charge in [0.25, 0.3) is 5.91 Å². The lowest BCUT2D eigenvalue weighted by atomic mass is 10.1. The molecule has 1 aromatic rings. The molecule has 0 aromatic heterocycles. The number of hydrogen-bond donors (Lipinski definition) is 1. The molecule has 27 heavy (non-hydrogen) atoms. The molecule has 0 bridgehead atoms. The molecule has 1 saturated carbocycles. The van der Waals surface area contributed by atoms with Crippen LogP contribution in [0, 0.1) is 5.92 Å². The van der Waals surface area contributed by atoms with Crippen LogP contribution in [0.5, 0.6) is 0 Å². The third-order valence-electron chi connectivity index (χ3n) is 5.74. The Morgan fingerprint density at radius 2 is 1.74 bits per heavy atom. The minimum atomic E-state index is -0.296. The van der Waals surface area contributed by atoms with Gasteiger partial charge in [0.15, 0.2) is 0 Å². The Kier molecular flexibility index (Phi) is 6.14. The van der Waals surface area contributed by atoms with E-state index in [2.05, 4.69) is 5.32 Å². The largest absolute Gasteiger partial charge is 0.339 e. The molecular formula is C21H29N3O3. The van der Waals surface area contributed by atoms with Gasteiger partial charge in [0.1, 0.15) is 0 Å². The van der Waals surface area contributed by atoms with Crippen molar-refractivity contribution < 1.29 is 14.4 Å². The second kappa shape index (κ2) is 8.55. The van der Waals surface area contributed by atoms with Crippen molar-refractivity contribution in [3.05, 3.63) is 29.8 Å². The van der Waals surface area contributed by atoms with Crippen molar-refractivity contribution >= 4 is 23.4 Å². The summed E-state index contributed by atoms with van der Waals surface area (Å²) in [5, 5.41) is 2.90. The van der Waals surface area contributed by atoms with Crippen LogP contribution in [0.4, 0.5) is 5.69 Å². The van der Waals surface area contributed by atoms with E-state index < -0.39 is 0 Å². The smallest absolute Gasteiger partial charge is 0.253 e. The lowest BCUT2D eigenvalue weighted by Gasteiger charge is -2.23. The zero-order valence-electron chi connectivity index (χ0n) is 16.2. The highest BCUT2D eigenvalue weighted by Crippen LogP contribution is 2.30. The first-order chi connectivity index (χ1) is 13.0. The molecule has 2 aliphatic rings. The topological polar surface area (TPSA) is 69.7 Å². The third kappa shape index (κ3) is 4.31. The Morgan fingerprint density at radius 3 is 2.33 bits per heavy atom. The van der Waals surface area contributed by atoms with E-state index >= 15 is 0 Å². The number of likely N-dealkylation sites (tertiary alicyclic amines) is 1. The monoisotopic (exact) mass is 371 g/mol. The molecule has 146 valence electrons. The summed E-state index contributed by atoms with van der Waals surface area (Å²) < 4.78 is 0. The van der Waals surface area contributed by atoms with Gasteiger partial charge in [-0.15, -0.1) is 0 Å². The van der Waals surface area contributed by atoms with Crippen LogP contribution in [0.25, 0.3) is 0 Å². The van der Waals surface area contributed by atoms with Crippen LogP contribution in [0.2, 0.25) is 0 Å². The number of benzene rings is 1. The third-order valence-corrected chi connectivity index (χ3v) is 5.74. The fourth-order valence-electron chi connectivity index (χ4n) is 4.11. The molecule has 1 saturated heterocycles. The molecule has 1 aromatic carbocycles. The first-order valence-corrected chi connectivity index (χ1v) is 10.0. The molecule has 0 unspecified atom stereocenters. The summed E-state index contributed by atoms with van der Waals surface area (Å²) in [5.74, 6) is -0.324.